The lowest BCUT2D eigenvalue weighted by atomic mass is 10.1. The number of rotatable bonds is 6. The maximum atomic E-state index is 5.35. The molecule has 1 aromatic rings. The first-order valence-corrected chi connectivity index (χ1v) is 5.99. The summed E-state index contributed by atoms with van der Waals surface area (Å²) in [6.45, 7) is 4.67. The van der Waals surface area contributed by atoms with Gasteiger partial charge in [0.05, 0.1) is 0 Å². The molecule has 0 saturated heterocycles. The lowest BCUT2D eigenvalue weighted by molar-refractivity contribution is 0.174. The second kappa shape index (κ2) is 5.75. The smallest absolute Gasteiger partial charge is 0.231 e. The van der Waals surface area contributed by atoms with Crippen LogP contribution in [0.3, 0.4) is 0 Å². The van der Waals surface area contributed by atoms with E-state index in [0.29, 0.717) is 6.79 Å². The second-order valence-corrected chi connectivity index (χ2v) is 4.00. The molecule has 1 aliphatic heterocycles. The van der Waals surface area contributed by atoms with Crippen LogP contribution in [-0.4, -0.2) is 19.9 Å². The van der Waals surface area contributed by atoms with Crippen LogP contribution in [0.5, 0.6) is 11.5 Å². The zero-order chi connectivity index (χ0) is 11.2. The van der Waals surface area contributed by atoms with Crippen LogP contribution in [0.15, 0.2) is 18.2 Å². The van der Waals surface area contributed by atoms with Crippen LogP contribution in [0.1, 0.15) is 25.3 Å². The first-order chi connectivity index (χ1) is 7.90. The topological polar surface area (TPSA) is 30.5 Å². The van der Waals surface area contributed by atoms with Crippen molar-refractivity contribution < 1.29 is 9.47 Å². The summed E-state index contributed by atoms with van der Waals surface area (Å²) in [6, 6.07) is 6.22. The summed E-state index contributed by atoms with van der Waals surface area (Å²) in [4.78, 5) is 0. The van der Waals surface area contributed by atoms with Crippen molar-refractivity contribution in [3.8, 4) is 11.5 Å². The van der Waals surface area contributed by atoms with Crippen molar-refractivity contribution >= 4 is 0 Å². The quantitative estimate of drug-likeness (QED) is 0.748. The van der Waals surface area contributed by atoms with E-state index in [9.17, 15) is 0 Å². The van der Waals surface area contributed by atoms with Crippen molar-refractivity contribution in [3.05, 3.63) is 23.8 Å². The van der Waals surface area contributed by atoms with E-state index in [-0.39, 0.29) is 0 Å². The van der Waals surface area contributed by atoms with Crippen molar-refractivity contribution in [1.29, 1.82) is 0 Å². The molecule has 0 amide bonds. The molecule has 2 rings (SSSR count). The fourth-order valence-electron chi connectivity index (χ4n) is 1.85. The minimum absolute atomic E-state index is 0.360. The molecule has 0 aromatic heterocycles. The number of nitrogens with one attached hydrogen (secondary N) is 1. The highest BCUT2D eigenvalue weighted by Gasteiger charge is 2.12. The minimum atomic E-state index is 0.360. The Morgan fingerprint density at radius 2 is 2.06 bits per heavy atom. The van der Waals surface area contributed by atoms with Crippen LogP contribution in [0.4, 0.5) is 0 Å². The third-order valence-electron chi connectivity index (χ3n) is 2.76. The van der Waals surface area contributed by atoms with Crippen molar-refractivity contribution in [2.75, 3.05) is 19.9 Å². The zero-order valence-corrected chi connectivity index (χ0v) is 9.79. The summed E-state index contributed by atoms with van der Waals surface area (Å²) in [6.07, 6.45) is 3.55. The van der Waals surface area contributed by atoms with Gasteiger partial charge in [-0.2, -0.15) is 0 Å². The van der Waals surface area contributed by atoms with E-state index in [1.807, 2.05) is 6.07 Å². The molecule has 1 aromatic carbocycles. The maximum absolute atomic E-state index is 5.35. The molecular formula is C13H19NO2. The Bertz CT molecular complexity index is 339. The monoisotopic (exact) mass is 221 g/mol. The molecule has 0 aliphatic carbocycles. The highest BCUT2D eigenvalue weighted by atomic mass is 16.7. The molecule has 3 nitrogen and oxygen atoms in total. The van der Waals surface area contributed by atoms with E-state index >= 15 is 0 Å². The predicted octanol–water partition coefficient (Wildman–Crippen LogP) is 2.35. The Labute approximate surface area is 96.8 Å². The molecule has 0 radical (unpaired) electrons. The Balaban J connectivity index is 1.77. The normalized spacial score (nSPS) is 13.1. The van der Waals surface area contributed by atoms with Crippen LogP contribution in [0.25, 0.3) is 0 Å². The predicted molar refractivity (Wildman–Crippen MR) is 64.0 cm³/mol. The number of benzene rings is 1. The number of ether oxygens (including phenoxy) is 2. The largest absolute Gasteiger partial charge is 0.454 e. The molecule has 3 heteroatoms. The Kier molecular flexibility index (Phi) is 4.05. The van der Waals surface area contributed by atoms with Gasteiger partial charge in [0.25, 0.3) is 0 Å². The summed E-state index contributed by atoms with van der Waals surface area (Å²) in [7, 11) is 0. The molecule has 1 N–H and O–H groups in total. The molecule has 0 saturated carbocycles. The molecular weight excluding hydrogens is 202 g/mol. The SMILES string of the molecule is CCNCCCCc1ccc2c(c1)OCO2. The lowest BCUT2D eigenvalue weighted by Crippen LogP contribution is -2.13. The molecule has 0 unspecified atom stereocenters. The molecule has 0 atom stereocenters. The summed E-state index contributed by atoms with van der Waals surface area (Å²) < 4.78 is 10.6. The van der Waals surface area contributed by atoms with E-state index in [2.05, 4.69) is 24.4 Å². The Morgan fingerprint density at radius 3 is 2.94 bits per heavy atom. The molecule has 1 heterocycles. The van der Waals surface area contributed by atoms with Crippen LogP contribution in [0.2, 0.25) is 0 Å². The number of aryl methyl sites for hydroxylation is 1. The van der Waals surface area contributed by atoms with Crippen molar-refractivity contribution in [1.82, 2.24) is 5.32 Å². The Morgan fingerprint density at radius 1 is 1.19 bits per heavy atom. The summed E-state index contributed by atoms with van der Waals surface area (Å²) in [5, 5.41) is 3.33. The highest BCUT2D eigenvalue weighted by molar-refractivity contribution is 5.44. The third kappa shape index (κ3) is 2.89. The van der Waals surface area contributed by atoms with Gasteiger partial charge in [0, 0.05) is 0 Å². The van der Waals surface area contributed by atoms with Gasteiger partial charge < -0.3 is 14.8 Å². The lowest BCUT2D eigenvalue weighted by Gasteiger charge is -2.03. The summed E-state index contributed by atoms with van der Waals surface area (Å²) in [5.74, 6) is 1.76. The second-order valence-electron chi connectivity index (χ2n) is 4.00. The van der Waals surface area contributed by atoms with Crippen LogP contribution in [0, 0.1) is 0 Å². The van der Waals surface area contributed by atoms with E-state index in [1.165, 1.54) is 18.4 Å². The van der Waals surface area contributed by atoms with Crippen molar-refractivity contribution in [2.24, 2.45) is 0 Å². The molecule has 0 fully saturated rings. The average molecular weight is 221 g/mol. The van der Waals surface area contributed by atoms with Gasteiger partial charge in [-0.1, -0.05) is 13.0 Å². The van der Waals surface area contributed by atoms with Gasteiger partial charge in [0.1, 0.15) is 0 Å². The van der Waals surface area contributed by atoms with Crippen LogP contribution in [-0.2, 0) is 6.42 Å². The standard InChI is InChI=1S/C13H19NO2/c1-2-14-8-4-3-5-11-6-7-12-13(9-11)16-10-15-12/h6-7,9,14H,2-5,8,10H2,1H3. The molecule has 0 spiro atoms. The molecule has 16 heavy (non-hydrogen) atoms. The number of fused-ring (bicyclic) bond motifs is 1. The van der Waals surface area contributed by atoms with Crippen LogP contribution >= 0.6 is 0 Å². The molecule has 1 aliphatic rings. The fraction of sp³-hybridized carbons (Fsp3) is 0.538. The maximum Gasteiger partial charge on any atom is 0.231 e. The zero-order valence-electron chi connectivity index (χ0n) is 9.79. The molecule has 88 valence electrons. The van der Waals surface area contributed by atoms with Crippen molar-refractivity contribution in [3.63, 3.8) is 0 Å². The van der Waals surface area contributed by atoms with E-state index < -0.39 is 0 Å². The third-order valence-corrected chi connectivity index (χ3v) is 2.76. The van der Waals surface area contributed by atoms with Gasteiger partial charge in [-0.05, 0) is 50.0 Å². The van der Waals surface area contributed by atoms with Gasteiger partial charge in [0.2, 0.25) is 6.79 Å². The Hall–Kier alpha value is -1.22. The molecule has 0 bridgehead atoms. The van der Waals surface area contributed by atoms with Gasteiger partial charge in [0.15, 0.2) is 11.5 Å². The van der Waals surface area contributed by atoms with Crippen LogP contribution < -0.4 is 14.8 Å². The van der Waals surface area contributed by atoms with Gasteiger partial charge in [-0.15, -0.1) is 0 Å². The summed E-state index contributed by atoms with van der Waals surface area (Å²) >= 11 is 0. The van der Waals surface area contributed by atoms with E-state index in [0.717, 1.165) is 31.0 Å². The van der Waals surface area contributed by atoms with Gasteiger partial charge >= 0.3 is 0 Å². The van der Waals surface area contributed by atoms with Gasteiger partial charge in [-0.25, -0.2) is 0 Å². The highest BCUT2D eigenvalue weighted by Crippen LogP contribution is 2.32. The number of hydrogen-bond donors (Lipinski definition) is 1. The first kappa shape index (κ1) is 11.3. The fourth-order valence-corrected chi connectivity index (χ4v) is 1.85. The minimum Gasteiger partial charge on any atom is -0.454 e. The van der Waals surface area contributed by atoms with E-state index in [1.54, 1.807) is 0 Å². The number of unbranched alkanes of at least 4 members (excludes halogenated alkanes) is 1. The van der Waals surface area contributed by atoms with Gasteiger partial charge in [-0.3, -0.25) is 0 Å². The average Bonchev–Trinajstić information content (AvgIpc) is 2.76. The van der Waals surface area contributed by atoms with E-state index in [4.69, 9.17) is 9.47 Å². The summed E-state index contributed by atoms with van der Waals surface area (Å²) in [5.41, 5.74) is 1.33. The van der Waals surface area contributed by atoms with Crippen molar-refractivity contribution in [2.45, 2.75) is 26.2 Å². The first-order valence-electron chi connectivity index (χ1n) is 5.99. The number of hydrogen-bond acceptors (Lipinski definition) is 3.